The van der Waals surface area contributed by atoms with Gasteiger partial charge in [-0.2, -0.15) is 0 Å². The summed E-state index contributed by atoms with van der Waals surface area (Å²) in [7, 11) is 0. The van der Waals surface area contributed by atoms with Gasteiger partial charge in [0.2, 0.25) is 5.56 Å². The van der Waals surface area contributed by atoms with E-state index in [9.17, 15) is 18.0 Å². The molecule has 19 heavy (non-hydrogen) atoms. The largest absolute Gasteiger partial charge is 0.573 e. The fourth-order valence-electron chi connectivity index (χ4n) is 1.72. The van der Waals surface area contributed by atoms with Crippen molar-refractivity contribution in [3.8, 4) is 16.9 Å². The van der Waals surface area contributed by atoms with Gasteiger partial charge in [-0.3, -0.25) is 4.79 Å². The molecular formula is C13H10F3NO2. The van der Waals surface area contributed by atoms with Crippen molar-refractivity contribution in [3.63, 3.8) is 0 Å². The van der Waals surface area contributed by atoms with E-state index in [1.807, 2.05) is 0 Å². The first-order valence-corrected chi connectivity index (χ1v) is 5.41. The number of aromatic amines is 1. The van der Waals surface area contributed by atoms with Gasteiger partial charge in [-0.05, 0) is 35.7 Å². The molecule has 0 amide bonds. The predicted octanol–water partition coefficient (Wildman–Crippen LogP) is 3.25. The van der Waals surface area contributed by atoms with Crippen molar-refractivity contribution in [2.45, 2.75) is 13.3 Å². The maximum absolute atomic E-state index is 12.1. The Hall–Kier alpha value is -2.24. The second-order valence-corrected chi connectivity index (χ2v) is 3.97. The lowest BCUT2D eigenvalue weighted by Crippen LogP contribution is -2.17. The molecule has 1 heterocycles. The lowest BCUT2D eigenvalue weighted by Gasteiger charge is -2.11. The van der Waals surface area contributed by atoms with Crippen LogP contribution >= 0.6 is 0 Å². The number of alkyl halides is 3. The standard InChI is InChI=1S/C13H10F3NO2/c1-8-7-17-12(18)6-11(8)9-3-2-4-10(5-9)19-13(14,15)16/h2-7H,1H3,(H,17,18). The van der Waals surface area contributed by atoms with E-state index in [0.29, 0.717) is 11.1 Å². The number of hydrogen-bond donors (Lipinski definition) is 1. The van der Waals surface area contributed by atoms with Crippen molar-refractivity contribution in [1.82, 2.24) is 4.98 Å². The molecule has 6 heteroatoms. The van der Waals surface area contributed by atoms with Crippen LogP contribution < -0.4 is 10.3 Å². The highest BCUT2D eigenvalue weighted by Crippen LogP contribution is 2.28. The maximum Gasteiger partial charge on any atom is 0.573 e. The molecule has 0 radical (unpaired) electrons. The molecule has 0 spiro atoms. The Morgan fingerprint density at radius 3 is 2.63 bits per heavy atom. The summed E-state index contributed by atoms with van der Waals surface area (Å²) in [6.07, 6.45) is -3.23. The number of halogens is 3. The zero-order valence-electron chi connectivity index (χ0n) is 9.91. The minimum absolute atomic E-state index is 0.315. The SMILES string of the molecule is Cc1c[nH]c(=O)cc1-c1cccc(OC(F)(F)F)c1. The van der Waals surface area contributed by atoms with Gasteiger partial charge in [0.25, 0.3) is 0 Å². The molecule has 0 aliphatic rings. The summed E-state index contributed by atoms with van der Waals surface area (Å²) in [4.78, 5) is 13.8. The first kappa shape index (κ1) is 13.2. The third-order valence-electron chi connectivity index (χ3n) is 2.51. The van der Waals surface area contributed by atoms with Crippen LogP contribution in [0.1, 0.15) is 5.56 Å². The number of nitrogens with one attached hydrogen (secondary N) is 1. The van der Waals surface area contributed by atoms with Crippen molar-refractivity contribution in [3.05, 3.63) is 52.4 Å². The van der Waals surface area contributed by atoms with Crippen LogP contribution in [0.5, 0.6) is 5.75 Å². The van der Waals surface area contributed by atoms with Crippen LogP contribution in [0, 0.1) is 6.92 Å². The fraction of sp³-hybridized carbons (Fsp3) is 0.154. The number of pyridine rings is 1. The van der Waals surface area contributed by atoms with Crippen molar-refractivity contribution in [1.29, 1.82) is 0 Å². The first-order valence-electron chi connectivity index (χ1n) is 5.41. The van der Waals surface area contributed by atoms with Crippen LogP contribution in [-0.4, -0.2) is 11.3 Å². The van der Waals surface area contributed by atoms with Crippen LogP contribution in [0.15, 0.2) is 41.3 Å². The Bertz CT molecular complexity index is 647. The van der Waals surface area contributed by atoms with Gasteiger partial charge in [0.15, 0.2) is 0 Å². The zero-order valence-corrected chi connectivity index (χ0v) is 9.91. The number of ether oxygens (including phenoxy) is 1. The molecule has 0 aliphatic carbocycles. The molecule has 2 aromatic rings. The third-order valence-corrected chi connectivity index (χ3v) is 2.51. The van der Waals surface area contributed by atoms with E-state index in [2.05, 4.69) is 9.72 Å². The van der Waals surface area contributed by atoms with E-state index in [1.165, 1.54) is 30.5 Å². The Morgan fingerprint density at radius 2 is 1.95 bits per heavy atom. The molecule has 3 nitrogen and oxygen atoms in total. The first-order chi connectivity index (χ1) is 8.85. The number of H-pyrrole nitrogens is 1. The molecule has 1 N–H and O–H groups in total. The smallest absolute Gasteiger partial charge is 0.406 e. The van der Waals surface area contributed by atoms with E-state index < -0.39 is 6.36 Å². The van der Waals surface area contributed by atoms with E-state index in [-0.39, 0.29) is 11.3 Å². The predicted molar refractivity (Wildman–Crippen MR) is 63.9 cm³/mol. The molecule has 0 saturated carbocycles. The van der Waals surface area contributed by atoms with Crippen LogP contribution in [0.25, 0.3) is 11.1 Å². The molecule has 0 fully saturated rings. The summed E-state index contributed by atoms with van der Waals surface area (Å²) in [5.41, 5.74) is 1.49. The zero-order chi connectivity index (χ0) is 14.0. The van der Waals surface area contributed by atoms with E-state index in [4.69, 9.17) is 0 Å². The summed E-state index contributed by atoms with van der Waals surface area (Å²) in [6.45, 7) is 1.75. The van der Waals surface area contributed by atoms with Gasteiger partial charge in [0.05, 0.1) is 0 Å². The van der Waals surface area contributed by atoms with Gasteiger partial charge in [-0.15, -0.1) is 13.2 Å². The van der Waals surface area contributed by atoms with Crippen LogP contribution in [0.2, 0.25) is 0 Å². The molecule has 0 bridgehead atoms. The van der Waals surface area contributed by atoms with Crippen LogP contribution in [0.4, 0.5) is 13.2 Å². The number of hydrogen-bond acceptors (Lipinski definition) is 2. The quantitative estimate of drug-likeness (QED) is 0.909. The number of benzene rings is 1. The van der Waals surface area contributed by atoms with Crippen molar-refractivity contribution >= 4 is 0 Å². The van der Waals surface area contributed by atoms with Gasteiger partial charge in [0, 0.05) is 12.3 Å². The molecule has 1 aromatic carbocycles. The monoisotopic (exact) mass is 269 g/mol. The Morgan fingerprint density at radius 1 is 1.21 bits per heavy atom. The third kappa shape index (κ3) is 3.37. The minimum Gasteiger partial charge on any atom is -0.406 e. The molecule has 0 saturated heterocycles. The van der Waals surface area contributed by atoms with Crippen molar-refractivity contribution in [2.75, 3.05) is 0 Å². The highest BCUT2D eigenvalue weighted by atomic mass is 19.4. The Labute approximate surface area is 106 Å². The number of aromatic nitrogens is 1. The summed E-state index contributed by atoms with van der Waals surface area (Å²) in [5.74, 6) is -0.315. The highest BCUT2D eigenvalue weighted by molar-refractivity contribution is 5.67. The second-order valence-electron chi connectivity index (χ2n) is 3.97. The molecule has 2 rings (SSSR count). The lowest BCUT2D eigenvalue weighted by atomic mass is 10.0. The minimum atomic E-state index is -4.73. The Kier molecular flexibility index (Phi) is 3.33. The van der Waals surface area contributed by atoms with Crippen molar-refractivity contribution in [2.24, 2.45) is 0 Å². The highest BCUT2D eigenvalue weighted by Gasteiger charge is 2.31. The number of aryl methyl sites for hydroxylation is 1. The van der Waals surface area contributed by atoms with Gasteiger partial charge in [-0.25, -0.2) is 0 Å². The fourth-order valence-corrected chi connectivity index (χ4v) is 1.72. The van der Waals surface area contributed by atoms with Gasteiger partial charge >= 0.3 is 6.36 Å². The molecule has 1 aromatic heterocycles. The van der Waals surface area contributed by atoms with E-state index in [0.717, 1.165) is 5.56 Å². The molecular weight excluding hydrogens is 259 g/mol. The average Bonchev–Trinajstić information content (AvgIpc) is 2.30. The summed E-state index contributed by atoms with van der Waals surface area (Å²) in [5, 5.41) is 0. The second kappa shape index (κ2) is 4.79. The van der Waals surface area contributed by atoms with Gasteiger partial charge in [-0.1, -0.05) is 12.1 Å². The van der Waals surface area contributed by atoms with Gasteiger partial charge in [0.1, 0.15) is 5.75 Å². The normalized spacial score (nSPS) is 11.4. The molecule has 0 unspecified atom stereocenters. The van der Waals surface area contributed by atoms with Gasteiger partial charge < -0.3 is 9.72 Å². The topological polar surface area (TPSA) is 42.1 Å². The van der Waals surface area contributed by atoms with Crippen LogP contribution in [0.3, 0.4) is 0 Å². The number of rotatable bonds is 2. The molecule has 0 aliphatic heterocycles. The lowest BCUT2D eigenvalue weighted by molar-refractivity contribution is -0.274. The Balaban J connectivity index is 2.43. The summed E-state index contributed by atoms with van der Waals surface area (Å²) >= 11 is 0. The van der Waals surface area contributed by atoms with Crippen LogP contribution in [-0.2, 0) is 0 Å². The summed E-state index contributed by atoms with van der Waals surface area (Å²) < 4.78 is 40.3. The molecule has 0 atom stereocenters. The summed E-state index contributed by atoms with van der Waals surface area (Å²) in [6, 6.07) is 6.85. The average molecular weight is 269 g/mol. The van der Waals surface area contributed by atoms with E-state index in [1.54, 1.807) is 13.0 Å². The maximum atomic E-state index is 12.1. The van der Waals surface area contributed by atoms with Crippen molar-refractivity contribution < 1.29 is 17.9 Å². The van der Waals surface area contributed by atoms with E-state index >= 15 is 0 Å². The molecule has 100 valence electrons.